The Labute approximate surface area is 95.1 Å². The summed E-state index contributed by atoms with van der Waals surface area (Å²) >= 11 is 0. The molecule has 0 aliphatic carbocycles. The van der Waals surface area contributed by atoms with Crippen LogP contribution in [0.5, 0.6) is 0 Å². The lowest BCUT2D eigenvalue weighted by molar-refractivity contribution is 0.490. The third-order valence-corrected chi connectivity index (χ3v) is 2.45. The van der Waals surface area contributed by atoms with Crippen LogP contribution in [0, 0.1) is 5.92 Å². The van der Waals surface area contributed by atoms with Gasteiger partial charge in [-0.1, -0.05) is 13.8 Å². The molecule has 86 valence electrons. The van der Waals surface area contributed by atoms with Gasteiger partial charge in [0.15, 0.2) is 0 Å². The lowest BCUT2D eigenvalue weighted by Gasteiger charge is -2.10. The number of nitrogens with zero attached hydrogens (tertiary/aromatic N) is 2. The highest BCUT2D eigenvalue weighted by Crippen LogP contribution is 2.18. The highest BCUT2D eigenvalue weighted by molar-refractivity contribution is 5.18. The second-order valence-electron chi connectivity index (χ2n) is 4.37. The average Bonchev–Trinajstić information content (AvgIpc) is 2.87. The van der Waals surface area contributed by atoms with Gasteiger partial charge in [-0.15, -0.1) is 0 Å². The largest absolute Gasteiger partial charge is 0.447 e. The van der Waals surface area contributed by atoms with E-state index in [9.17, 15) is 0 Å². The Kier molecular flexibility index (Phi) is 3.10. The Bertz CT molecular complexity index is 431. The van der Waals surface area contributed by atoms with Crippen molar-refractivity contribution in [3.8, 4) is 5.88 Å². The molecule has 4 nitrogen and oxygen atoms in total. The summed E-state index contributed by atoms with van der Waals surface area (Å²) in [6.07, 6.45) is 4.44. The maximum absolute atomic E-state index is 6.06. The van der Waals surface area contributed by atoms with E-state index in [-0.39, 0.29) is 6.04 Å². The van der Waals surface area contributed by atoms with Gasteiger partial charge < -0.3 is 10.2 Å². The Morgan fingerprint density at radius 3 is 2.88 bits per heavy atom. The number of nitrogens with two attached hydrogens (primary N) is 1. The Morgan fingerprint density at radius 2 is 2.25 bits per heavy atom. The van der Waals surface area contributed by atoms with Crippen molar-refractivity contribution in [2.75, 3.05) is 0 Å². The lowest BCUT2D eigenvalue weighted by Crippen LogP contribution is -2.13. The molecule has 0 saturated heterocycles. The molecule has 0 bridgehead atoms. The first kappa shape index (κ1) is 11.0. The molecule has 4 heteroatoms. The van der Waals surface area contributed by atoms with E-state index in [4.69, 9.17) is 10.2 Å². The summed E-state index contributed by atoms with van der Waals surface area (Å²) < 4.78 is 6.96. The van der Waals surface area contributed by atoms with Crippen molar-refractivity contribution in [3.05, 3.63) is 36.4 Å². The topological polar surface area (TPSA) is 57.0 Å². The van der Waals surface area contributed by atoms with Crippen LogP contribution in [0.2, 0.25) is 0 Å². The van der Waals surface area contributed by atoms with Crippen molar-refractivity contribution >= 4 is 0 Å². The standard InChI is InChI=1S/C12H17N3O/c1-9(2)8-10(13)11-5-6-15(14-11)12-4-3-7-16-12/h3-7,9-10H,8,13H2,1-2H3. The van der Waals surface area contributed by atoms with Gasteiger partial charge >= 0.3 is 0 Å². The molecule has 0 aliphatic heterocycles. The zero-order chi connectivity index (χ0) is 11.5. The van der Waals surface area contributed by atoms with Crippen molar-refractivity contribution in [3.63, 3.8) is 0 Å². The number of rotatable bonds is 4. The van der Waals surface area contributed by atoms with Crippen molar-refractivity contribution in [2.45, 2.75) is 26.3 Å². The molecule has 1 atom stereocenters. The first-order valence-corrected chi connectivity index (χ1v) is 5.52. The Balaban J connectivity index is 2.13. The summed E-state index contributed by atoms with van der Waals surface area (Å²) in [5.41, 5.74) is 6.96. The summed E-state index contributed by atoms with van der Waals surface area (Å²) in [7, 11) is 0. The molecular weight excluding hydrogens is 202 g/mol. The zero-order valence-corrected chi connectivity index (χ0v) is 9.63. The van der Waals surface area contributed by atoms with Crippen LogP contribution in [-0.2, 0) is 0 Å². The van der Waals surface area contributed by atoms with Gasteiger partial charge in [0.05, 0.1) is 12.0 Å². The maximum Gasteiger partial charge on any atom is 0.219 e. The van der Waals surface area contributed by atoms with Crippen molar-refractivity contribution < 1.29 is 4.42 Å². The molecule has 0 amide bonds. The van der Waals surface area contributed by atoms with Gasteiger partial charge in [0, 0.05) is 18.3 Å². The van der Waals surface area contributed by atoms with E-state index in [0.29, 0.717) is 11.8 Å². The molecule has 16 heavy (non-hydrogen) atoms. The molecule has 2 N–H and O–H groups in total. The fourth-order valence-electron chi connectivity index (χ4n) is 1.69. The average molecular weight is 219 g/mol. The van der Waals surface area contributed by atoms with Crippen LogP contribution in [0.15, 0.2) is 35.1 Å². The van der Waals surface area contributed by atoms with E-state index in [1.54, 1.807) is 10.9 Å². The fraction of sp³-hybridized carbons (Fsp3) is 0.417. The third-order valence-electron chi connectivity index (χ3n) is 2.45. The van der Waals surface area contributed by atoms with Gasteiger partial charge in [-0.05, 0) is 24.5 Å². The molecule has 0 aliphatic rings. The van der Waals surface area contributed by atoms with Crippen LogP contribution in [0.4, 0.5) is 0 Å². The van der Waals surface area contributed by atoms with E-state index >= 15 is 0 Å². The number of aromatic nitrogens is 2. The molecule has 2 rings (SSSR count). The molecule has 1 unspecified atom stereocenters. The van der Waals surface area contributed by atoms with E-state index in [1.807, 2.05) is 24.4 Å². The first-order chi connectivity index (χ1) is 7.66. The molecule has 0 saturated carbocycles. The van der Waals surface area contributed by atoms with Gasteiger partial charge in [-0.2, -0.15) is 5.10 Å². The van der Waals surface area contributed by atoms with Crippen molar-refractivity contribution in [2.24, 2.45) is 11.7 Å². The van der Waals surface area contributed by atoms with Crippen LogP contribution in [-0.4, -0.2) is 9.78 Å². The minimum atomic E-state index is -0.00351. The number of hydrogen-bond acceptors (Lipinski definition) is 3. The van der Waals surface area contributed by atoms with Crippen LogP contribution in [0.25, 0.3) is 5.88 Å². The summed E-state index contributed by atoms with van der Waals surface area (Å²) in [5.74, 6) is 1.28. The third kappa shape index (κ3) is 2.33. The molecule has 2 aromatic heterocycles. The highest BCUT2D eigenvalue weighted by Gasteiger charge is 2.12. The normalized spacial score (nSPS) is 13.2. The van der Waals surface area contributed by atoms with Gasteiger partial charge in [-0.25, -0.2) is 4.68 Å². The van der Waals surface area contributed by atoms with Gasteiger partial charge in [0.1, 0.15) is 0 Å². The van der Waals surface area contributed by atoms with Crippen molar-refractivity contribution in [1.82, 2.24) is 9.78 Å². The molecule has 2 aromatic rings. The van der Waals surface area contributed by atoms with E-state index in [0.717, 1.165) is 12.1 Å². The second-order valence-corrected chi connectivity index (χ2v) is 4.37. The van der Waals surface area contributed by atoms with Crippen LogP contribution >= 0.6 is 0 Å². The Morgan fingerprint density at radius 1 is 1.44 bits per heavy atom. The number of hydrogen-bond donors (Lipinski definition) is 1. The molecule has 0 spiro atoms. The molecule has 0 radical (unpaired) electrons. The zero-order valence-electron chi connectivity index (χ0n) is 9.63. The predicted octanol–water partition coefficient (Wildman–Crippen LogP) is 2.51. The highest BCUT2D eigenvalue weighted by atomic mass is 16.3. The maximum atomic E-state index is 6.06. The second kappa shape index (κ2) is 4.53. The predicted molar refractivity (Wildman–Crippen MR) is 62.2 cm³/mol. The van der Waals surface area contributed by atoms with E-state index < -0.39 is 0 Å². The van der Waals surface area contributed by atoms with Crippen molar-refractivity contribution in [1.29, 1.82) is 0 Å². The minimum Gasteiger partial charge on any atom is -0.447 e. The summed E-state index contributed by atoms with van der Waals surface area (Å²) in [5, 5.41) is 4.40. The fourth-order valence-corrected chi connectivity index (χ4v) is 1.69. The minimum absolute atomic E-state index is 0.00351. The van der Waals surface area contributed by atoms with Crippen LogP contribution in [0.3, 0.4) is 0 Å². The monoisotopic (exact) mass is 219 g/mol. The van der Waals surface area contributed by atoms with Gasteiger partial charge in [-0.3, -0.25) is 0 Å². The summed E-state index contributed by atoms with van der Waals surface area (Å²) in [4.78, 5) is 0. The molecular formula is C12H17N3O. The summed E-state index contributed by atoms with van der Waals surface area (Å²) in [6.45, 7) is 4.31. The molecule has 0 fully saturated rings. The van der Waals surface area contributed by atoms with E-state index in [2.05, 4.69) is 18.9 Å². The first-order valence-electron chi connectivity index (χ1n) is 5.52. The SMILES string of the molecule is CC(C)CC(N)c1ccn(-c2ccco2)n1. The molecule has 0 aromatic carbocycles. The van der Waals surface area contributed by atoms with Gasteiger partial charge in [0.2, 0.25) is 5.88 Å². The van der Waals surface area contributed by atoms with Crippen LogP contribution < -0.4 is 5.73 Å². The smallest absolute Gasteiger partial charge is 0.219 e. The van der Waals surface area contributed by atoms with E-state index in [1.165, 1.54) is 0 Å². The Hall–Kier alpha value is -1.55. The summed E-state index contributed by atoms with van der Waals surface area (Å²) in [6, 6.07) is 5.64. The van der Waals surface area contributed by atoms with Crippen LogP contribution in [0.1, 0.15) is 32.0 Å². The molecule has 2 heterocycles. The quantitative estimate of drug-likeness (QED) is 0.859. The van der Waals surface area contributed by atoms with Gasteiger partial charge in [0.25, 0.3) is 0 Å². The lowest BCUT2D eigenvalue weighted by atomic mass is 10.0. The number of furan rings is 1.